The predicted octanol–water partition coefficient (Wildman–Crippen LogP) is 5.63. The molecule has 6 N–H and O–H groups in total. The van der Waals surface area contributed by atoms with E-state index in [0.29, 0.717) is 34.7 Å². The van der Waals surface area contributed by atoms with E-state index in [9.17, 15) is 40.3 Å². The number of methoxy groups -OCH3 is 1. The number of likely N-dealkylation sites (tertiary alicyclic amines) is 2. The minimum absolute atomic E-state index is 0.107. The van der Waals surface area contributed by atoms with Gasteiger partial charge in [-0.05, 0) is 46.2 Å². The Bertz CT molecular complexity index is 2990. The number of carbonyl (C=O) groups is 3. The summed E-state index contributed by atoms with van der Waals surface area (Å²) in [4.78, 5) is 68.4. The molecule has 4 aromatic carbocycles. The van der Waals surface area contributed by atoms with Gasteiger partial charge in [0, 0.05) is 13.1 Å². The van der Waals surface area contributed by atoms with E-state index in [-0.39, 0.29) is 38.4 Å². The fourth-order valence-corrected chi connectivity index (χ4v) is 10.2. The number of ether oxygens (including phenoxy) is 1. The molecule has 0 aliphatic carbocycles. The van der Waals surface area contributed by atoms with Crippen LogP contribution >= 0.6 is 0 Å². The third-order valence-electron chi connectivity index (χ3n) is 12.2. The highest BCUT2D eigenvalue weighted by Gasteiger charge is 2.47. The molecule has 0 radical (unpaired) electrons. The fourth-order valence-electron chi connectivity index (χ4n) is 8.63. The number of rotatable bonds is 16. The molecule has 6 aromatic rings. The standard InChI is InChI=1S/C46H46N8O12S2/c1-64-46(57)52-41(33-10-6-3-7-11-33)45(56)54-25-35(68(61,62)63)21-40(54)43-49-23-38(51-43)32-18-14-29(15-19-32)28-12-16-31(17-13-28)37-22-48-42(50-37)39-20-34(67(58,59)60)24-53(39)44(55)36(26-65-66-27-47)30-8-4-2-5-9-30/h2-19,22-23,27,34-36,39-41,47H,20-21,24-26H2,1H3,(H,48,50)(H,49,51)(H,52,57)(H,58,59,60)(H,61,62,63)/t34-,35-,36-,39-,40-,41-/m0/s1. The van der Waals surface area contributed by atoms with Crippen molar-refractivity contribution < 1.29 is 54.8 Å². The Hall–Kier alpha value is -7.24. The van der Waals surface area contributed by atoms with Crippen LogP contribution in [0.3, 0.4) is 0 Å². The van der Waals surface area contributed by atoms with Crippen molar-refractivity contribution in [2.45, 2.75) is 47.4 Å². The van der Waals surface area contributed by atoms with Crippen molar-refractivity contribution in [3.05, 3.63) is 144 Å². The van der Waals surface area contributed by atoms with Gasteiger partial charge in [0.2, 0.25) is 12.3 Å². The van der Waals surface area contributed by atoms with Crippen LogP contribution in [0.4, 0.5) is 4.79 Å². The van der Waals surface area contributed by atoms with Gasteiger partial charge in [0.25, 0.3) is 26.1 Å². The van der Waals surface area contributed by atoms with Crippen molar-refractivity contribution in [1.82, 2.24) is 35.1 Å². The molecule has 2 saturated heterocycles. The second kappa shape index (κ2) is 19.9. The summed E-state index contributed by atoms with van der Waals surface area (Å²) in [6.07, 6.45) is 2.62. The molecule has 3 amide bonds. The van der Waals surface area contributed by atoms with Crippen LogP contribution < -0.4 is 5.32 Å². The fraction of sp³-hybridized carbons (Fsp3) is 0.261. The summed E-state index contributed by atoms with van der Waals surface area (Å²) in [6.45, 7) is -0.887. The Morgan fingerprint density at radius 3 is 1.59 bits per heavy atom. The molecule has 2 fully saturated rings. The zero-order chi connectivity index (χ0) is 48.2. The van der Waals surface area contributed by atoms with Crippen molar-refractivity contribution in [3.8, 4) is 33.6 Å². The largest absolute Gasteiger partial charge is 0.453 e. The lowest BCUT2D eigenvalue weighted by Crippen LogP contribution is -2.43. The number of hydrogen-bond donors (Lipinski definition) is 6. The number of benzene rings is 4. The quantitative estimate of drug-likeness (QED) is 0.0171. The Morgan fingerprint density at radius 2 is 1.15 bits per heavy atom. The lowest BCUT2D eigenvalue weighted by molar-refractivity contribution is -0.221. The maximum Gasteiger partial charge on any atom is 0.407 e. The smallest absolute Gasteiger partial charge is 0.407 e. The van der Waals surface area contributed by atoms with E-state index >= 15 is 0 Å². The summed E-state index contributed by atoms with van der Waals surface area (Å²) < 4.78 is 74.3. The van der Waals surface area contributed by atoms with Crippen LogP contribution in [-0.2, 0) is 44.3 Å². The topological polar surface area (TPSA) is 287 Å². The van der Waals surface area contributed by atoms with Gasteiger partial charge >= 0.3 is 6.09 Å². The Kier molecular flexibility index (Phi) is 13.8. The van der Waals surface area contributed by atoms with Crippen LogP contribution in [0.25, 0.3) is 33.6 Å². The van der Waals surface area contributed by atoms with Gasteiger partial charge in [-0.2, -0.15) is 21.7 Å². The predicted molar refractivity (Wildman–Crippen MR) is 246 cm³/mol. The van der Waals surface area contributed by atoms with Crippen LogP contribution in [-0.4, -0.2) is 117 Å². The number of H-pyrrole nitrogens is 2. The summed E-state index contributed by atoms with van der Waals surface area (Å²) in [5, 5.41) is 7.10. The molecule has 2 aromatic heterocycles. The van der Waals surface area contributed by atoms with Crippen molar-refractivity contribution in [2.24, 2.45) is 0 Å². The van der Waals surface area contributed by atoms with Gasteiger partial charge in [-0.15, -0.1) is 0 Å². The molecule has 8 rings (SSSR count). The number of nitrogens with zero attached hydrogens (tertiary/aromatic N) is 4. The van der Waals surface area contributed by atoms with Crippen LogP contribution in [0.1, 0.15) is 59.7 Å². The Morgan fingerprint density at radius 1 is 0.706 bits per heavy atom. The van der Waals surface area contributed by atoms with Crippen molar-refractivity contribution in [1.29, 1.82) is 5.41 Å². The molecule has 354 valence electrons. The first-order chi connectivity index (χ1) is 32.6. The summed E-state index contributed by atoms with van der Waals surface area (Å²) >= 11 is 0. The van der Waals surface area contributed by atoms with E-state index < -0.39 is 72.7 Å². The van der Waals surface area contributed by atoms with Gasteiger partial charge in [-0.3, -0.25) is 24.1 Å². The molecule has 4 heterocycles. The zero-order valence-electron chi connectivity index (χ0n) is 36.2. The van der Waals surface area contributed by atoms with Crippen LogP contribution in [0.5, 0.6) is 0 Å². The zero-order valence-corrected chi connectivity index (χ0v) is 37.8. The van der Waals surface area contributed by atoms with E-state index in [2.05, 4.69) is 30.1 Å². The molecule has 22 heteroatoms. The number of alkyl carbamates (subject to hydrolysis) is 1. The first-order valence-corrected chi connectivity index (χ1v) is 24.2. The van der Waals surface area contributed by atoms with Gasteiger partial charge < -0.3 is 34.7 Å². The van der Waals surface area contributed by atoms with E-state index in [1.807, 2.05) is 48.5 Å². The van der Waals surface area contributed by atoms with Crippen molar-refractivity contribution in [3.63, 3.8) is 0 Å². The van der Waals surface area contributed by atoms with Crippen LogP contribution in [0.15, 0.2) is 122 Å². The highest BCUT2D eigenvalue weighted by atomic mass is 32.2. The lowest BCUT2D eigenvalue weighted by Gasteiger charge is -2.28. The molecule has 6 atom stereocenters. The maximum absolute atomic E-state index is 14.1. The average Bonchev–Trinajstić information content (AvgIpc) is 4.19. The van der Waals surface area contributed by atoms with E-state index in [1.165, 1.54) is 9.80 Å². The second-order valence-electron chi connectivity index (χ2n) is 16.2. The SMILES string of the molecule is COC(=O)N[C@H](C(=O)N1C[C@@H](S(=O)(=O)O)C[C@H]1c1ncc(-c2ccc(-c3ccc(-c4cnc([C@@H]5C[C@H](S(=O)(=O)O)CN5C(=O)[C@@H](COOC=N)c5ccccc5)[nH]4)cc3)cc2)[nH]1)c1ccccc1. The number of aromatic nitrogens is 4. The third-order valence-corrected chi connectivity index (χ3v) is 14.5. The number of amides is 3. The minimum atomic E-state index is -4.55. The number of aromatic amines is 2. The van der Waals surface area contributed by atoms with E-state index in [4.69, 9.17) is 15.0 Å². The Labute approximate surface area is 390 Å². The molecular formula is C46H46N8O12S2. The molecule has 0 saturated carbocycles. The maximum atomic E-state index is 14.1. The molecule has 20 nitrogen and oxygen atoms in total. The summed E-state index contributed by atoms with van der Waals surface area (Å²) in [7, 11) is -7.92. The average molecular weight is 967 g/mol. The lowest BCUT2D eigenvalue weighted by atomic mass is 9.98. The molecule has 2 aliphatic rings. The normalized spacial score (nSPS) is 19.3. The van der Waals surface area contributed by atoms with Gasteiger partial charge in [0.15, 0.2) is 0 Å². The number of imidazole rings is 2. The first-order valence-electron chi connectivity index (χ1n) is 21.2. The molecule has 0 spiro atoms. The van der Waals surface area contributed by atoms with Gasteiger partial charge in [0.1, 0.15) is 34.8 Å². The van der Waals surface area contributed by atoms with Gasteiger partial charge in [-0.25, -0.2) is 14.8 Å². The van der Waals surface area contributed by atoms with Gasteiger partial charge in [0.05, 0.1) is 48.9 Å². The van der Waals surface area contributed by atoms with Crippen molar-refractivity contribution in [2.75, 3.05) is 26.8 Å². The monoisotopic (exact) mass is 966 g/mol. The number of hydrogen-bond acceptors (Lipinski definition) is 13. The van der Waals surface area contributed by atoms with E-state index in [1.54, 1.807) is 73.1 Å². The van der Waals surface area contributed by atoms with Crippen LogP contribution in [0.2, 0.25) is 0 Å². The highest BCUT2D eigenvalue weighted by molar-refractivity contribution is 7.86. The molecule has 2 aliphatic heterocycles. The van der Waals surface area contributed by atoms with Gasteiger partial charge in [-0.1, -0.05) is 109 Å². The molecule has 68 heavy (non-hydrogen) atoms. The first kappa shape index (κ1) is 47.3. The second-order valence-corrected chi connectivity index (χ2v) is 19.6. The summed E-state index contributed by atoms with van der Waals surface area (Å²) in [5.41, 5.74) is 5.44. The summed E-state index contributed by atoms with van der Waals surface area (Å²) in [5.74, 6) is -1.41. The van der Waals surface area contributed by atoms with E-state index in [0.717, 1.165) is 29.4 Å². The molecular weight excluding hydrogens is 921 g/mol. The number of nitrogens with one attached hydrogen (secondary N) is 4. The summed E-state index contributed by atoms with van der Waals surface area (Å²) in [6, 6.07) is 29.3. The Balaban J connectivity index is 0.981. The highest BCUT2D eigenvalue weighted by Crippen LogP contribution is 2.39. The third kappa shape index (κ3) is 10.3. The minimum Gasteiger partial charge on any atom is -0.453 e. The number of carbonyl (C=O) groups excluding carboxylic acids is 3. The van der Waals surface area contributed by atoms with Crippen LogP contribution in [0, 0.1) is 5.41 Å². The molecule has 0 bridgehead atoms. The van der Waals surface area contributed by atoms with Crippen molar-refractivity contribution >= 4 is 44.5 Å². The molecule has 0 unspecified atom stereocenters.